The molecule has 3 rings (SSSR count). The molecular formula is C20H18N2O2S. The Hall–Kier alpha value is -2.92. The summed E-state index contributed by atoms with van der Waals surface area (Å²) in [4.78, 5) is 24.8. The van der Waals surface area contributed by atoms with Gasteiger partial charge in [-0.3, -0.25) is 20.4 Å². The van der Waals surface area contributed by atoms with Crippen LogP contribution in [0.25, 0.3) is 0 Å². The van der Waals surface area contributed by atoms with E-state index in [4.69, 9.17) is 0 Å². The maximum atomic E-state index is 12.4. The minimum Gasteiger partial charge on any atom is -0.273 e. The Labute approximate surface area is 150 Å². The fourth-order valence-corrected chi connectivity index (χ4v) is 3.25. The number of thiophene rings is 1. The molecule has 1 aromatic heterocycles. The predicted molar refractivity (Wildman–Crippen MR) is 99.3 cm³/mol. The molecule has 0 radical (unpaired) electrons. The molecule has 3 aromatic rings. The highest BCUT2D eigenvalue weighted by Gasteiger charge is 2.18. The third-order valence-corrected chi connectivity index (χ3v) is 4.72. The minimum atomic E-state index is -0.306. The van der Waals surface area contributed by atoms with Gasteiger partial charge >= 0.3 is 0 Å². The molecule has 2 aromatic carbocycles. The quantitative estimate of drug-likeness (QED) is 0.689. The van der Waals surface area contributed by atoms with Crippen molar-refractivity contribution in [3.63, 3.8) is 0 Å². The number of hydrazine groups is 1. The van der Waals surface area contributed by atoms with Crippen molar-refractivity contribution >= 4 is 23.2 Å². The Bertz CT molecular complexity index is 778. The van der Waals surface area contributed by atoms with Crippen molar-refractivity contribution in [1.82, 2.24) is 10.9 Å². The van der Waals surface area contributed by atoms with Crippen LogP contribution in [0, 0.1) is 0 Å². The van der Waals surface area contributed by atoms with Crippen LogP contribution in [0.15, 0.2) is 78.2 Å². The van der Waals surface area contributed by atoms with E-state index < -0.39 is 0 Å². The summed E-state index contributed by atoms with van der Waals surface area (Å²) >= 11 is 1.33. The highest BCUT2D eigenvalue weighted by molar-refractivity contribution is 7.12. The Morgan fingerprint density at radius 3 is 1.92 bits per heavy atom. The molecule has 0 bridgehead atoms. The van der Waals surface area contributed by atoms with Crippen LogP contribution in [-0.2, 0) is 4.79 Å². The summed E-state index contributed by atoms with van der Waals surface area (Å²) < 4.78 is 0. The molecule has 0 unspecified atom stereocenters. The summed E-state index contributed by atoms with van der Waals surface area (Å²) in [5.74, 6) is -0.608. The van der Waals surface area contributed by atoms with Crippen LogP contribution in [0.5, 0.6) is 0 Å². The van der Waals surface area contributed by atoms with E-state index in [9.17, 15) is 9.59 Å². The first-order chi connectivity index (χ1) is 12.2. The number of hydrogen-bond acceptors (Lipinski definition) is 3. The molecule has 0 saturated carbocycles. The number of carbonyl (C=O) groups excluding carboxylic acids is 2. The second-order valence-electron chi connectivity index (χ2n) is 5.56. The SMILES string of the molecule is O=C(CC(c1ccccc1)c1ccccc1)NNC(=O)c1cccs1. The minimum absolute atomic E-state index is 0.0685. The van der Waals surface area contributed by atoms with Gasteiger partial charge in [0.15, 0.2) is 0 Å². The van der Waals surface area contributed by atoms with Gasteiger partial charge < -0.3 is 0 Å². The number of hydrogen-bond donors (Lipinski definition) is 2. The first-order valence-electron chi connectivity index (χ1n) is 7.96. The molecule has 0 spiro atoms. The average molecular weight is 350 g/mol. The lowest BCUT2D eigenvalue weighted by molar-refractivity contribution is -0.122. The topological polar surface area (TPSA) is 58.2 Å². The van der Waals surface area contributed by atoms with E-state index >= 15 is 0 Å². The third-order valence-electron chi connectivity index (χ3n) is 3.85. The summed E-state index contributed by atoms with van der Waals surface area (Å²) in [7, 11) is 0. The zero-order valence-electron chi connectivity index (χ0n) is 13.5. The van der Waals surface area contributed by atoms with Crippen molar-refractivity contribution in [2.45, 2.75) is 12.3 Å². The lowest BCUT2D eigenvalue weighted by atomic mass is 9.88. The third kappa shape index (κ3) is 4.55. The van der Waals surface area contributed by atoms with Crippen molar-refractivity contribution in [2.75, 3.05) is 0 Å². The monoisotopic (exact) mass is 350 g/mol. The van der Waals surface area contributed by atoms with Gasteiger partial charge in [0.05, 0.1) is 4.88 Å². The number of benzene rings is 2. The molecule has 0 saturated heterocycles. The van der Waals surface area contributed by atoms with E-state index in [2.05, 4.69) is 10.9 Å². The molecule has 0 aliphatic rings. The van der Waals surface area contributed by atoms with Gasteiger partial charge in [-0.2, -0.15) is 0 Å². The molecule has 0 aliphatic heterocycles. The summed E-state index contributed by atoms with van der Waals surface area (Å²) in [6, 6.07) is 23.3. The van der Waals surface area contributed by atoms with Gasteiger partial charge in [-0.15, -0.1) is 11.3 Å². The van der Waals surface area contributed by atoms with E-state index in [-0.39, 0.29) is 24.2 Å². The Kier molecular flexibility index (Phi) is 5.59. The molecule has 0 fully saturated rings. The second kappa shape index (κ2) is 8.26. The lowest BCUT2D eigenvalue weighted by Crippen LogP contribution is -2.41. The maximum Gasteiger partial charge on any atom is 0.279 e. The molecule has 5 heteroatoms. The number of nitrogens with one attached hydrogen (secondary N) is 2. The van der Waals surface area contributed by atoms with E-state index in [1.54, 1.807) is 12.1 Å². The molecule has 2 amide bonds. The Morgan fingerprint density at radius 2 is 1.40 bits per heavy atom. The van der Waals surface area contributed by atoms with E-state index in [0.29, 0.717) is 4.88 Å². The molecular weight excluding hydrogens is 332 g/mol. The Morgan fingerprint density at radius 1 is 0.800 bits per heavy atom. The van der Waals surface area contributed by atoms with Crippen LogP contribution >= 0.6 is 11.3 Å². The van der Waals surface area contributed by atoms with Crippen molar-refractivity contribution in [2.24, 2.45) is 0 Å². The van der Waals surface area contributed by atoms with Gasteiger partial charge in [0.2, 0.25) is 5.91 Å². The van der Waals surface area contributed by atoms with Crippen LogP contribution in [0.1, 0.15) is 33.1 Å². The molecule has 4 nitrogen and oxygen atoms in total. The van der Waals surface area contributed by atoms with Crippen molar-refractivity contribution < 1.29 is 9.59 Å². The van der Waals surface area contributed by atoms with E-state index in [0.717, 1.165) is 11.1 Å². The Balaban J connectivity index is 1.68. The van der Waals surface area contributed by atoms with Gasteiger partial charge in [0, 0.05) is 12.3 Å². The maximum absolute atomic E-state index is 12.4. The number of rotatable bonds is 5. The van der Waals surface area contributed by atoms with E-state index in [1.807, 2.05) is 66.0 Å². The van der Waals surface area contributed by atoms with Crippen molar-refractivity contribution in [3.05, 3.63) is 94.2 Å². The molecule has 0 aliphatic carbocycles. The summed E-state index contributed by atoms with van der Waals surface area (Å²) in [5.41, 5.74) is 7.10. The zero-order valence-corrected chi connectivity index (χ0v) is 14.3. The van der Waals surface area contributed by atoms with Crippen molar-refractivity contribution in [1.29, 1.82) is 0 Å². The molecule has 0 atom stereocenters. The second-order valence-corrected chi connectivity index (χ2v) is 6.51. The number of carbonyl (C=O) groups is 2. The first-order valence-corrected chi connectivity index (χ1v) is 8.84. The zero-order chi connectivity index (χ0) is 17.5. The lowest BCUT2D eigenvalue weighted by Gasteiger charge is -2.18. The standard InChI is InChI=1S/C20H18N2O2S/c23-19(21-22-20(24)18-12-7-13-25-18)14-17(15-8-3-1-4-9-15)16-10-5-2-6-11-16/h1-13,17H,14H2,(H,21,23)(H,22,24). The van der Waals surface area contributed by atoms with Crippen LogP contribution in [0.3, 0.4) is 0 Å². The van der Waals surface area contributed by atoms with Gasteiger partial charge in [0.1, 0.15) is 0 Å². The van der Waals surface area contributed by atoms with Gasteiger partial charge in [-0.1, -0.05) is 66.7 Å². The van der Waals surface area contributed by atoms with Gasteiger partial charge in [-0.05, 0) is 22.6 Å². The largest absolute Gasteiger partial charge is 0.279 e. The van der Waals surface area contributed by atoms with Crippen LogP contribution in [0.4, 0.5) is 0 Å². The smallest absolute Gasteiger partial charge is 0.273 e. The van der Waals surface area contributed by atoms with Gasteiger partial charge in [0.25, 0.3) is 5.91 Å². The van der Waals surface area contributed by atoms with Crippen LogP contribution < -0.4 is 10.9 Å². The fraction of sp³-hybridized carbons (Fsp3) is 0.100. The number of amides is 2. The highest BCUT2D eigenvalue weighted by Crippen LogP contribution is 2.27. The molecule has 25 heavy (non-hydrogen) atoms. The van der Waals surface area contributed by atoms with Gasteiger partial charge in [-0.25, -0.2) is 0 Å². The van der Waals surface area contributed by atoms with Crippen LogP contribution in [-0.4, -0.2) is 11.8 Å². The molecule has 1 heterocycles. The molecule has 2 N–H and O–H groups in total. The average Bonchev–Trinajstić information content (AvgIpc) is 3.20. The summed E-state index contributed by atoms with van der Waals surface area (Å²) in [6.45, 7) is 0. The highest BCUT2D eigenvalue weighted by atomic mass is 32.1. The van der Waals surface area contributed by atoms with E-state index in [1.165, 1.54) is 11.3 Å². The van der Waals surface area contributed by atoms with Crippen molar-refractivity contribution in [3.8, 4) is 0 Å². The predicted octanol–water partition coefficient (Wildman–Crippen LogP) is 3.73. The fourth-order valence-electron chi connectivity index (χ4n) is 2.63. The molecule has 126 valence electrons. The summed E-state index contributed by atoms with van der Waals surface area (Å²) in [5, 5.41) is 1.82. The first kappa shape index (κ1) is 16.9. The normalized spacial score (nSPS) is 10.4. The summed E-state index contributed by atoms with van der Waals surface area (Å²) in [6.07, 6.45) is 0.249. The van der Waals surface area contributed by atoms with Crippen LogP contribution in [0.2, 0.25) is 0 Å².